The number of aliphatic hydroxyl groups excluding tert-OH is 1. The molecule has 1 aliphatic heterocycles. The highest BCUT2D eigenvalue weighted by atomic mass is 16.5. The highest BCUT2D eigenvalue weighted by molar-refractivity contribution is 5.46. The number of rotatable bonds is 6. The summed E-state index contributed by atoms with van der Waals surface area (Å²) in [5.41, 5.74) is 2.48. The first kappa shape index (κ1) is 14.4. The summed E-state index contributed by atoms with van der Waals surface area (Å²) in [6.45, 7) is 3.30. The average molecular weight is 263 g/mol. The number of aliphatic hydroxyl groups is 1. The molecule has 2 rings (SSSR count). The van der Waals surface area contributed by atoms with Gasteiger partial charge in [0.1, 0.15) is 0 Å². The number of ether oxygens (including phenoxy) is 1. The Labute approximate surface area is 116 Å². The molecule has 0 spiro atoms. The van der Waals surface area contributed by atoms with Crippen molar-refractivity contribution in [1.82, 2.24) is 0 Å². The van der Waals surface area contributed by atoms with Crippen molar-refractivity contribution in [1.29, 1.82) is 0 Å². The van der Waals surface area contributed by atoms with E-state index in [1.807, 2.05) is 0 Å². The van der Waals surface area contributed by atoms with Crippen molar-refractivity contribution < 1.29 is 9.84 Å². The number of hydrogen-bond donors (Lipinski definition) is 2. The molecule has 2 atom stereocenters. The Kier molecular flexibility index (Phi) is 5.67. The van der Waals surface area contributed by atoms with Crippen LogP contribution >= 0.6 is 0 Å². The summed E-state index contributed by atoms with van der Waals surface area (Å²) < 4.78 is 5.70. The Morgan fingerprint density at radius 3 is 3.11 bits per heavy atom. The fourth-order valence-corrected chi connectivity index (χ4v) is 2.63. The topological polar surface area (TPSA) is 41.5 Å². The Bertz CT molecular complexity index is 381. The van der Waals surface area contributed by atoms with Crippen LogP contribution in [0.25, 0.3) is 0 Å². The first-order valence-electron chi connectivity index (χ1n) is 7.39. The first-order chi connectivity index (χ1) is 9.31. The highest BCUT2D eigenvalue weighted by Gasteiger charge is 2.20. The number of benzene rings is 1. The van der Waals surface area contributed by atoms with Crippen molar-refractivity contribution in [2.45, 2.75) is 51.2 Å². The molecule has 2 unspecified atom stereocenters. The molecule has 3 heteroatoms. The molecule has 1 aliphatic rings. The van der Waals surface area contributed by atoms with Gasteiger partial charge in [0.15, 0.2) is 0 Å². The maximum Gasteiger partial charge on any atom is 0.0592 e. The van der Waals surface area contributed by atoms with Gasteiger partial charge in [-0.2, -0.15) is 0 Å². The quantitative estimate of drug-likeness (QED) is 0.829. The van der Waals surface area contributed by atoms with E-state index in [-0.39, 0.29) is 6.61 Å². The summed E-state index contributed by atoms with van der Waals surface area (Å²) in [6.07, 6.45) is 5.45. The van der Waals surface area contributed by atoms with Gasteiger partial charge in [-0.25, -0.2) is 0 Å². The second-order valence-corrected chi connectivity index (χ2v) is 5.29. The largest absolute Gasteiger partial charge is 0.396 e. The van der Waals surface area contributed by atoms with Gasteiger partial charge in [-0.1, -0.05) is 19.1 Å². The summed E-state index contributed by atoms with van der Waals surface area (Å²) in [6, 6.07) is 9.06. The predicted octanol–water partition coefficient (Wildman–Crippen LogP) is 2.98. The Hall–Kier alpha value is -1.06. The second kappa shape index (κ2) is 7.51. The molecule has 0 aliphatic carbocycles. The molecule has 3 nitrogen and oxygen atoms in total. The molecule has 0 bridgehead atoms. The van der Waals surface area contributed by atoms with Crippen molar-refractivity contribution in [2.75, 3.05) is 18.5 Å². The second-order valence-electron chi connectivity index (χ2n) is 5.29. The van der Waals surface area contributed by atoms with Crippen LogP contribution in [0.15, 0.2) is 24.3 Å². The minimum absolute atomic E-state index is 0.260. The van der Waals surface area contributed by atoms with E-state index >= 15 is 0 Å². The van der Waals surface area contributed by atoms with Gasteiger partial charge in [0.2, 0.25) is 0 Å². The fourth-order valence-electron chi connectivity index (χ4n) is 2.63. The smallest absolute Gasteiger partial charge is 0.0592 e. The molecule has 0 amide bonds. The van der Waals surface area contributed by atoms with Gasteiger partial charge in [0.25, 0.3) is 0 Å². The third-order valence-corrected chi connectivity index (χ3v) is 3.74. The van der Waals surface area contributed by atoms with Crippen LogP contribution in [-0.2, 0) is 11.2 Å². The summed E-state index contributed by atoms with van der Waals surface area (Å²) in [5, 5.41) is 12.5. The lowest BCUT2D eigenvalue weighted by molar-refractivity contribution is 0.00925. The monoisotopic (exact) mass is 263 g/mol. The van der Waals surface area contributed by atoms with E-state index in [0.717, 1.165) is 38.7 Å². The molecule has 2 N–H and O–H groups in total. The lowest BCUT2D eigenvalue weighted by Gasteiger charge is -2.30. The van der Waals surface area contributed by atoms with Crippen LogP contribution in [-0.4, -0.2) is 30.5 Å². The van der Waals surface area contributed by atoms with E-state index in [2.05, 4.69) is 36.5 Å². The van der Waals surface area contributed by atoms with Gasteiger partial charge in [-0.15, -0.1) is 0 Å². The van der Waals surface area contributed by atoms with Crippen LogP contribution in [0.3, 0.4) is 0 Å². The van der Waals surface area contributed by atoms with Gasteiger partial charge in [0.05, 0.1) is 6.10 Å². The molecule has 1 heterocycles. The molecule has 1 saturated heterocycles. The van der Waals surface area contributed by atoms with Crippen LogP contribution in [0.5, 0.6) is 0 Å². The SMILES string of the molecule is CCC1CC(Nc2cccc(CCCO)c2)CCO1. The van der Waals surface area contributed by atoms with Gasteiger partial charge >= 0.3 is 0 Å². The maximum absolute atomic E-state index is 8.88. The van der Waals surface area contributed by atoms with Crippen molar-refractivity contribution >= 4 is 5.69 Å². The van der Waals surface area contributed by atoms with E-state index < -0.39 is 0 Å². The average Bonchev–Trinajstić information content (AvgIpc) is 2.46. The summed E-state index contributed by atoms with van der Waals surface area (Å²) in [5.74, 6) is 0. The van der Waals surface area contributed by atoms with Gasteiger partial charge < -0.3 is 15.2 Å². The molecular weight excluding hydrogens is 238 g/mol. The normalized spacial score (nSPS) is 23.3. The Balaban J connectivity index is 1.90. The van der Waals surface area contributed by atoms with Crippen molar-refractivity contribution in [2.24, 2.45) is 0 Å². The predicted molar refractivity (Wildman–Crippen MR) is 78.5 cm³/mol. The molecule has 0 radical (unpaired) electrons. The number of anilines is 1. The molecular formula is C16H25NO2. The molecule has 1 aromatic carbocycles. The third kappa shape index (κ3) is 4.51. The first-order valence-corrected chi connectivity index (χ1v) is 7.39. The van der Waals surface area contributed by atoms with E-state index in [0.29, 0.717) is 12.1 Å². The number of hydrogen-bond acceptors (Lipinski definition) is 3. The molecule has 106 valence electrons. The van der Waals surface area contributed by atoms with Crippen LogP contribution in [0, 0.1) is 0 Å². The number of nitrogens with one attached hydrogen (secondary N) is 1. The zero-order chi connectivity index (χ0) is 13.5. The van der Waals surface area contributed by atoms with Crippen LogP contribution in [0.2, 0.25) is 0 Å². The molecule has 0 aromatic heterocycles. The Morgan fingerprint density at radius 1 is 1.42 bits per heavy atom. The number of aryl methyl sites for hydroxylation is 1. The minimum Gasteiger partial charge on any atom is -0.396 e. The zero-order valence-corrected chi connectivity index (χ0v) is 11.8. The highest BCUT2D eigenvalue weighted by Crippen LogP contribution is 2.21. The summed E-state index contributed by atoms with van der Waals surface area (Å²) in [4.78, 5) is 0. The lowest BCUT2D eigenvalue weighted by Crippen LogP contribution is -2.33. The summed E-state index contributed by atoms with van der Waals surface area (Å²) in [7, 11) is 0. The fraction of sp³-hybridized carbons (Fsp3) is 0.625. The lowest BCUT2D eigenvalue weighted by atomic mass is 10.0. The van der Waals surface area contributed by atoms with Crippen molar-refractivity contribution in [3.05, 3.63) is 29.8 Å². The maximum atomic E-state index is 8.88. The molecule has 19 heavy (non-hydrogen) atoms. The summed E-state index contributed by atoms with van der Waals surface area (Å²) >= 11 is 0. The van der Waals surface area contributed by atoms with E-state index in [9.17, 15) is 0 Å². The zero-order valence-electron chi connectivity index (χ0n) is 11.8. The van der Waals surface area contributed by atoms with E-state index in [4.69, 9.17) is 9.84 Å². The van der Waals surface area contributed by atoms with Crippen LogP contribution in [0.4, 0.5) is 5.69 Å². The van der Waals surface area contributed by atoms with Gasteiger partial charge in [0, 0.05) is 24.9 Å². The van der Waals surface area contributed by atoms with Gasteiger partial charge in [-0.05, 0) is 49.8 Å². The minimum atomic E-state index is 0.260. The van der Waals surface area contributed by atoms with E-state index in [1.165, 1.54) is 11.3 Å². The standard InChI is InChI=1S/C16H25NO2/c1-2-16-12-15(8-10-19-16)17-14-7-3-5-13(11-14)6-4-9-18/h3,5,7,11,15-18H,2,4,6,8-10,12H2,1H3. The molecule has 1 fully saturated rings. The van der Waals surface area contributed by atoms with Crippen LogP contribution in [0.1, 0.15) is 38.2 Å². The van der Waals surface area contributed by atoms with Crippen LogP contribution < -0.4 is 5.32 Å². The molecule has 0 saturated carbocycles. The van der Waals surface area contributed by atoms with E-state index in [1.54, 1.807) is 0 Å². The Morgan fingerprint density at radius 2 is 2.32 bits per heavy atom. The van der Waals surface area contributed by atoms with Crippen molar-refractivity contribution in [3.63, 3.8) is 0 Å². The van der Waals surface area contributed by atoms with Crippen molar-refractivity contribution in [3.8, 4) is 0 Å². The third-order valence-electron chi connectivity index (χ3n) is 3.74. The van der Waals surface area contributed by atoms with Gasteiger partial charge in [-0.3, -0.25) is 0 Å². The molecule has 1 aromatic rings.